The van der Waals surface area contributed by atoms with Gasteiger partial charge in [-0.15, -0.1) is 0 Å². The molecular formula is C28H25ClN2O5. The molecule has 0 fully saturated rings. The molecule has 8 heteroatoms. The predicted octanol–water partition coefficient (Wildman–Crippen LogP) is 7.09. The maximum Gasteiger partial charge on any atom is 0.411 e. The Bertz CT molecular complexity index is 1380. The van der Waals surface area contributed by atoms with Gasteiger partial charge in [-0.2, -0.15) is 0 Å². The van der Waals surface area contributed by atoms with E-state index in [0.717, 1.165) is 10.8 Å². The van der Waals surface area contributed by atoms with Crippen LogP contribution in [0.5, 0.6) is 0 Å². The highest BCUT2D eigenvalue weighted by molar-refractivity contribution is 6.30. The molecule has 4 aromatic carbocycles. The Morgan fingerprint density at radius 1 is 0.806 bits per heavy atom. The number of hydrogen-bond acceptors (Lipinski definition) is 4. The van der Waals surface area contributed by atoms with Crippen molar-refractivity contribution in [1.82, 2.24) is 0 Å². The lowest BCUT2D eigenvalue weighted by atomic mass is 10.1. The lowest BCUT2D eigenvalue weighted by Crippen LogP contribution is -2.17. The molecular weight excluding hydrogens is 480 g/mol. The van der Waals surface area contributed by atoms with E-state index in [1.807, 2.05) is 36.4 Å². The number of carbonyl (C=O) groups is 3. The summed E-state index contributed by atoms with van der Waals surface area (Å²) in [4.78, 5) is 34.8. The van der Waals surface area contributed by atoms with Crippen LogP contribution in [0.15, 0.2) is 91.0 Å². The molecule has 184 valence electrons. The summed E-state index contributed by atoms with van der Waals surface area (Å²) < 4.78 is 4.90. The van der Waals surface area contributed by atoms with E-state index in [0.29, 0.717) is 16.4 Å². The maximum absolute atomic E-state index is 12.4. The van der Waals surface area contributed by atoms with Crippen molar-refractivity contribution < 1.29 is 24.2 Å². The smallest absolute Gasteiger partial charge is 0.411 e. The van der Waals surface area contributed by atoms with Crippen LogP contribution in [0.3, 0.4) is 0 Å². The zero-order valence-electron chi connectivity index (χ0n) is 19.7. The first kappa shape index (κ1) is 26.2. The Labute approximate surface area is 213 Å². The molecule has 0 aliphatic carbocycles. The van der Waals surface area contributed by atoms with Crippen LogP contribution < -0.4 is 10.6 Å². The fourth-order valence-corrected chi connectivity index (χ4v) is 3.51. The number of benzene rings is 4. The third-order valence-electron chi connectivity index (χ3n) is 4.85. The highest BCUT2D eigenvalue weighted by Gasteiger charge is 2.16. The molecule has 0 bridgehead atoms. The van der Waals surface area contributed by atoms with Crippen molar-refractivity contribution in [2.45, 2.75) is 20.0 Å². The molecule has 0 radical (unpaired) electrons. The molecule has 0 aromatic heterocycles. The molecule has 0 atom stereocenters. The third kappa shape index (κ3) is 7.32. The monoisotopic (exact) mass is 504 g/mol. The van der Waals surface area contributed by atoms with Crippen molar-refractivity contribution in [2.75, 3.05) is 10.6 Å². The van der Waals surface area contributed by atoms with Crippen LogP contribution in [0.4, 0.5) is 16.2 Å². The maximum atomic E-state index is 12.4. The number of amides is 2. The number of rotatable bonds is 5. The van der Waals surface area contributed by atoms with Crippen LogP contribution >= 0.6 is 11.6 Å². The minimum absolute atomic E-state index is 0.0137. The van der Waals surface area contributed by atoms with Crippen LogP contribution in [0, 0.1) is 0 Å². The zero-order valence-corrected chi connectivity index (χ0v) is 20.5. The normalized spacial score (nSPS) is 10.2. The van der Waals surface area contributed by atoms with E-state index in [1.54, 1.807) is 56.3 Å². The Hall–Kier alpha value is -4.36. The topological polar surface area (TPSA) is 105 Å². The van der Waals surface area contributed by atoms with Crippen molar-refractivity contribution in [2.24, 2.45) is 0 Å². The van der Waals surface area contributed by atoms with Gasteiger partial charge in [0.1, 0.15) is 0 Å². The van der Waals surface area contributed by atoms with Gasteiger partial charge in [-0.3, -0.25) is 10.1 Å². The zero-order chi connectivity index (χ0) is 26.1. The lowest BCUT2D eigenvalue weighted by molar-refractivity contribution is 0.0692. The van der Waals surface area contributed by atoms with Crippen LogP contribution in [-0.4, -0.2) is 29.2 Å². The van der Waals surface area contributed by atoms with Gasteiger partial charge >= 0.3 is 12.1 Å². The number of halogens is 1. The molecule has 0 unspecified atom stereocenters. The van der Waals surface area contributed by atoms with Crippen molar-refractivity contribution in [3.63, 3.8) is 0 Å². The van der Waals surface area contributed by atoms with Crippen LogP contribution in [-0.2, 0) is 4.74 Å². The fraction of sp³-hybridized carbons (Fsp3) is 0.107. The Kier molecular flexibility index (Phi) is 9.02. The third-order valence-corrected chi connectivity index (χ3v) is 5.09. The second-order valence-corrected chi connectivity index (χ2v) is 8.36. The molecule has 2 amide bonds. The summed E-state index contributed by atoms with van der Waals surface area (Å²) in [5, 5.41) is 17.0. The predicted molar refractivity (Wildman–Crippen MR) is 142 cm³/mol. The van der Waals surface area contributed by atoms with Crippen molar-refractivity contribution in [3.05, 3.63) is 107 Å². The molecule has 0 saturated heterocycles. The van der Waals surface area contributed by atoms with Gasteiger partial charge in [0.25, 0.3) is 5.91 Å². The standard InChI is InChI=1S/C18H13NO3.C10H12ClNO2/c20-17(14-9-3-4-10-15(14)18(21)22)19-16-11-5-7-12-6-1-2-8-13(12)16;1-7(2)14-10(13)12-9-5-3-4-8(11)6-9/h1-11H,(H,19,20)(H,21,22);3-7H,1-2H3,(H,12,13). The highest BCUT2D eigenvalue weighted by Crippen LogP contribution is 2.24. The van der Waals surface area contributed by atoms with Crippen molar-refractivity contribution in [3.8, 4) is 0 Å². The summed E-state index contributed by atoms with van der Waals surface area (Å²) in [6.45, 7) is 3.58. The second kappa shape index (κ2) is 12.4. The molecule has 36 heavy (non-hydrogen) atoms. The Balaban J connectivity index is 0.000000223. The lowest BCUT2D eigenvalue weighted by Gasteiger charge is -2.10. The van der Waals surface area contributed by atoms with Gasteiger partial charge in [0, 0.05) is 21.8 Å². The summed E-state index contributed by atoms with van der Waals surface area (Å²) in [5.41, 5.74) is 1.41. The first-order valence-corrected chi connectivity index (χ1v) is 11.5. The number of carbonyl (C=O) groups excluding carboxylic acids is 2. The summed E-state index contributed by atoms with van der Waals surface area (Å²) in [6, 6.07) is 26.3. The number of aromatic carboxylic acids is 1. The van der Waals surface area contributed by atoms with E-state index in [2.05, 4.69) is 10.6 Å². The van der Waals surface area contributed by atoms with Crippen LogP contribution in [0.2, 0.25) is 5.02 Å². The number of ether oxygens (including phenoxy) is 1. The van der Waals surface area contributed by atoms with Gasteiger partial charge in [-0.05, 0) is 55.6 Å². The van der Waals surface area contributed by atoms with Gasteiger partial charge in [-0.25, -0.2) is 9.59 Å². The minimum atomic E-state index is -1.12. The Morgan fingerprint density at radius 3 is 2.14 bits per heavy atom. The van der Waals surface area contributed by atoms with Crippen LogP contribution in [0.1, 0.15) is 34.6 Å². The molecule has 0 aliphatic rings. The minimum Gasteiger partial charge on any atom is -0.478 e. The molecule has 0 heterocycles. The van der Waals surface area contributed by atoms with E-state index >= 15 is 0 Å². The number of anilines is 2. The summed E-state index contributed by atoms with van der Waals surface area (Å²) in [5.74, 6) is -1.56. The second-order valence-electron chi connectivity index (χ2n) is 7.92. The number of carboxylic acid groups (broad SMARTS) is 1. The molecule has 3 N–H and O–H groups in total. The van der Waals surface area contributed by atoms with E-state index < -0.39 is 18.0 Å². The molecule has 4 aromatic rings. The number of carboxylic acids is 1. The molecule has 0 saturated carbocycles. The summed E-state index contributed by atoms with van der Waals surface area (Å²) >= 11 is 5.74. The van der Waals surface area contributed by atoms with E-state index in [9.17, 15) is 19.5 Å². The SMILES string of the molecule is CC(C)OC(=O)Nc1cccc(Cl)c1.O=C(O)c1ccccc1C(=O)Nc1cccc2ccccc12. The molecule has 4 rings (SSSR count). The molecule has 7 nitrogen and oxygen atoms in total. The first-order chi connectivity index (χ1) is 17.2. The van der Waals surface area contributed by atoms with Crippen molar-refractivity contribution >= 4 is 51.7 Å². The Morgan fingerprint density at radius 2 is 1.44 bits per heavy atom. The molecule has 0 aliphatic heterocycles. The van der Waals surface area contributed by atoms with E-state index in [-0.39, 0.29) is 17.2 Å². The average Bonchev–Trinajstić information content (AvgIpc) is 2.84. The molecule has 0 spiro atoms. The van der Waals surface area contributed by atoms with E-state index in [4.69, 9.17) is 16.3 Å². The average molecular weight is 505 g/mol. The van der Waals surface area contributed by atoms with Crippen LogP contribution in [0.25, 0.3) is 10.8 Å². The number of nitrogens with one attached hydrogen (secondary N) is 2. The van der Waals surface area contributed by atoms with E-state index in [1.165, 1.54) is 12.1 Å². The quantitative estimate of drug-likeness (QED) is 0.269. The van der Waals surface area contributed by atoms with Gasteiger partial charge < -0.3 is 15.2 Å². The summed E-state index contributed by atoms with van der Waals surface area (Å²) in [7, 11) is 0. The largest absolute Gasteiger partial charge is 0.478 e. The fourth-order valence-electron chi connectivity index (χ4n) is 3.32. The van der Waals surface area contributed by atoms with Gasteiger partial charge in [0.15, 0.2) is 0 Å². The first-order valence-electron chi connectivity index (χ1n) is 11.1. The summed E-state index contributed by atoms with van der Waals surface area (Å²) in [6.07, 6.45) is -0.601. The number of fused-ring (bicyclic) bond motifs is 1. The van der Waals surface area contributed by atoms with Gasteiger partial charge in [-0.1, -0.05) is 66.2 Å². The van der Waals surface area contributed by atoms with Gasteiger partial charge in [0.2, 0.25) is 0 Å². The number of hydrogen-bond donors (Lipinski definition) is 3. The van der Waals surface area contributed by atoms with Crippen molar-refractivity contribution in [1.29, 1.82) is 0 Å². The highest BCUT2D eigenvalue weighted by atomic mass is 35.5. The van der Waals surface area contributed by atoms with Gasteiger partial charge in [0.05, 0.1) is 17.2 Å².